The lowest BCUT2D eigenvalue weighted by atomic mass is 10.1. The van der Waals surface area contributed by atoms with Crippen LogP contribution in [0.2, 0.25) is 0 Å². The van der Waals surface area contributed by atoms with E-state index < -0.39 is 0 Å². The molecule has 1 aromatic heterocycles. The van der Waals surface area contributed by atoms with Crippen molar-refractivity contribution in [2.45, 2.75) is 50.7 Å². The molecule has 0 bridgehead atoms. The van der Waals surface area contributed by atoms with Gasteiger partial charge in [0.25, 0.3) is 5.91 Å². The quantitative estimate of drug-likeness (QED) is 0.682. The maximum Gasteiger partial charge on any atom is 0.253 e. The standard InChI is InChI=1S/C19H26N6O2S/c1-3-24(4-2)18(27)14-8-7-9-15(12-14)20-17(26)13-28-19-21-22-23-25(19)16-10-5-6-11-16/h7-9,12,16H,3-6,10-11,13H2,1-2H3,(H,20,26). The smallest absolute Gasteiger partial charge is 0.253 e. The van der Waals surface area contributed by atoms with Crippen molar-refractivity contribution in [3.8, 4) is 0 Å². The summed E-state index contributed by atoms with van der Waals surface area (Å²) in [6.45, 7) is 5.20. The summed E-state index contributed by atoms with van der Waals surface area (Å²) < 4.78 is 1.84. The zero-order chi connectivity index (χ0) is 19.9. The molecule has 0 spiro atoms. The fourth-order valence-electron chi connectivity index (χ4n) is 3.41. The van der Waals surface area contributed by atoms with Crippen LogP contribution in [0.3, 0.4) is 0 Å². The van der Waals surface area contributed by atoms with Gasteiger partial charge in [-0.05, 0) is 55.3 Å². The highest BCUT2D eigenvalue weighted by atomic mass is 32.2. The van der Waals surface area contributed by atoms with Crippen LogP contribution in [-0.2, 0) is 4.79 Å². The second kappa shape index (κ2) is 9.68. The number of amides is 2. The Morgan fingerprint density at radius 1 is 1.25 bits per heavy atom. The molecule has 1 fully saturated rings. The van der Waals surface area contributed by atoms with Crippen LogP contribution in [-0.4, -0.2) is 55.8 Å². The van der Waals surface area contributed by atoms with Crippen molar-refractivity contribution in [1.82, 2.24) is 25.1 Å². The molecule has 1 heterocycles. The lowest BCUT2D eigenvalue weighted by Crippen LogP contribution is -2.30. The number of nitrogens with zero attached hydrogens (tertiary/aromatic N) is 5. The van der Waals surface area contributed by atoms with Crippen molar-refractivity contribution in [2.75, 3.05) is 24.2 Å². The molecule has 2 aromatic rings. The van der Waals surface area contributed by atoms with Crippen molar-refractivity contribution in [2.24, 2.45) is 0 Å². The number of benzene rings is 1. The Kier molecular flexibility index (Phi) is 7.02. The van der Waals surface area contributed by atoms with Gasteiger partial charge in [0.15, 0.2) is 0 Å². The largest absolute Gasteiger partial charge is 0.339 e. The van der Waals surface area contributed by atoms with E-state index in [0.717, 1.165) is 12.8 Å². The summed E-state index contributed by atoms with van der Waals surface area (Å²) in [6.07, 6.45) is 4.55. The molecule has 150 valence electrons. The molecule has 0 radical (unpaired) electrons. The number of anilines is 1. The van der Waals surface area contributed by atoms with E-state index in [1.165, 1.54) is 24.6 Å². The first-order valence-corrected chi connectivity index (χ1v) is 10.7. The van der Waals surface area contributed by atoms with Crippen LogP contribution in [0.15, 0.2) is 29.4 Å². The average molecular weight is 403 g/mol. The predicted octanol–water partition coefficient (Wildman–Crippen LogP) is 3.00. The van der Waals surface area contributed by atoms with Gasteiger partial charge in [-0.3, -0.25) is 9.59 Å². The summed E-state index contributed by atoms with van der Waals surface area (Å²) in [7, 11) is 0. The van der Waals surface area contributed by atoms with Crippen molar-refractivity contribution in [3.63, 3.8) is 0 Å². The number of aromatic nitrogens is 4. The summed E-state index contributed by atoms with van der Waals surface area (Å²) in [4.78, 5) is 26.6. The van der Waals surface area contributed by atoms with E-state index in [1.54, 1.807) is 29.2 Å². The molecular weight excluding hydrogens is 376 g/mol. The number of rotatable bonds is 8. The van der Waals surface area contributed by atoms with E-state index in [-0.39, 0.29) is 17.6 Å². The Morgan fingerprint density at radius 3 is 2.71 bits per heavy atom. The van der Waals surface area contributed by atoms with Crippen LogP contribution in [0.1, 0.15) is 55.9 Å². The van der Waals surface area contributed by atoms with Crippen LogP contribution in [0.5, 0.6) is 0 Å². The third kappa shape index (κ3) is 4.89. The van der Waals surface area contributed by atoms with Crippen molar-refractivity contribution < 1.29 is 9.59 Å². The second-order valence-corrected chi connectivity index (χ2v) is 7.68. The first-order chi connectivity index (χ1) is 13.6. The minimum Gasteiger partial charge on any atom is -0.339 e. The highest BCUT2D eigenvalue weighted by Crippen LogP contribution is 2.31. The number of carbonyl (C=O) groups is 2. The lowest BCUT2D eigenvalue weighted by Gasteiger charge is -2.19. The van der Waals surface area contributed by atoms with Crippen molar-refractivity contribution in [3.05, 3.63) is 29.8 Å². The average Bonchev–Trinajstić information content (AvgIpc) is 3.39. The van der Waals surface area contributed by atoms with Crippen LogP contribution in [0.4, 0.5) is 5.69 Å². The zero-order valence-corrected chi connectivity index (χ0v) is 17.1. The third-order valence-electron chi connectivity index (χ3n) is 4.91. The Hall–Kier alpha value is -2.42. The second-order valence-electron chi connectivity index (χ2n) is 6.74. The monoisotopic (exact) mass is 402 g/mol. The van der Waals surface area contributed by atoms with Crippen LogP contribution < -0.4 is 5.32 Å². The molecular formula is C19H26N6O2S. The molecule has 0 unspecified atom stereocenters. The molecule has 9 heteroatoms. The van der Waals surface area contributed by atoms with Gasteiger partial charge >= 0.3 is 0 Å². The van der Waals surface area contributed by atoms with Crippen molar-refractivity contribution in [1.29, 1.82) is 0 Å². The van der Waals surface area contributed by atoms with Gasteiger partial charge in [-0.25, -0.2) is 4.68 Å². The van der Waals surface area contributed by atoms with Crippen molar-refractivity contribution >= 4 is 29.3 Å². The summed E-state index contributed by atoms with van der Waals surface area (Å²) >= 11 is 1.33. The highest BCUT2D eigenvalue weighted by Gasteiger charge is 2.22. The van der Waals surface area contributed by atoms with Gasteiger partial charge in [0, 0.05) is 24.3 Å². The van der Waals surface area contributed by atoms with Gasteiger partial charge in [-0.1, -0.05) is 30.7 Å². The van der Waals surface area contributed by atoms with Gasteiger partial charge in [0.05, 0.1) is 11.8 Å². The zero-order valence-electron chi connectivity index (χ0n) is 16.3. The molecule has 3 rings (SSSR count). The van der Waals surface area contributed by atoms with Gasteiger partial charge < -0.3 is 10.2 Å². The normalized spacial score (nSPS) is 14.2. The molecule has 2 amide bonds. The third-order valence-corrected chi connectivity index (χ3v) is 5.84. The molecule has 0 atom stereocenters. The number of thioether (sulfide) groups is 1. The van der Waals surface area contributed by atoms with E-state index in [1.807, 2.05) is 18.5 Å². The van der Waals surface area contributed by atoms with Gasteiger partial charge in [-0.15, -0.1) is 5.10 Å². The van der Waals surface area contributed by atoms with Crippen LogP contribution in [0, 0.1) is 0 Å². The molecule has 1 aliphatic carbocycles. The van der Waals surface area contributed by atoms with E-state index in [2.05, 4.69) is 20.8 Å². The van der Waals surface area contributed by atoms with Gasteiger partial charge in [0.1, 0.15) is 0 Å². The van der Waals surface area contributed by atoms with E-state index in [4.69, 9.17) is 0 Å². The Bertz CT molecular complexity index is 814. The maximum atomic E-state index is 12.5. The Morgan fingerprint density at radius 2 is 2.00 bits per heavy atom. The van der Waals surface area contributed by atoms with E-state index >= 15 is 0 Å². The summed E-state index contributed by atoms with van der Waals surface area (Å²) in [5.41, 5.74) is 1.18. The van der Waals surface area contributed by atoms with Crippen LogP contribution in [0.25, 0.3) is 0 Å². The van der Waals surface area contributed by atoms with E-state index in [0.29, 0.717) is 35.5 Å². The molecule has 1 aromatic carbocycles. The minimum atomic E-state index is -0.154. The van der Waals surface area contributed by atoms with Crippen LogP contribution >= 0.6 is 11.8 Å². The minimum absolute atomic E-state index is 0.0359. The van der Waals surface area contributed by atoms with Gasteiger partial charge in [0.2, 0.25) is 11.1 Å². The molecule has 28 heavy (non-hydrogen) atoms. The topological polar surface area (TPSA) is 93.0 Å². The summed E-state index contributed by atoms with van der Waals surface area (Å²) in [5, 5.41) is 15.4. The Balaban J connectivity index is 1.58. The molecule has 0 saturated heterocycles. The molecule has 1 saturated carbocycles. The molecule has 1 aliphatic rings. The first-order valence-electron chi connectivity index (χ1n) is 9.72. The summed E-state index contributed by atoms with van der Waals surface area (Å²) in [6, 6.07) is 7.38. The fourth-order valence-corrected chi connectivity index (χ4v) is 4.15. The predicted molar refractivity (Wildman–Crippen MR) is 108 cm³/mol. The Labute approximate surface area is 169 Å². The number of nitrogens with one attached hydrogen (secondary N) is 1. The maximum absolute atomic E-state index is 12.5. The molecule has 1 N–H and O–H groups in total. The molecule has 0 aliphatic heterocycles. The fraction of sp³-hybridized carbons (Fsp3) is 0.526. The van der Waals surface area contributed by atoms with E-state index in [9.17, 15) is 9.59 Å². The number of carbonyl (C=O) groups excluding carboxylic acids is 2. The molecule has 8 nitrogen and oxygen atoms in total. The lowest BCUT2D eigenvalue weighted by molar-refractivity contribution is -0.113. The highest BCUT2D eigenvalue weighted by molar-refractivity contribution is 7.99. The number of hydrogen-bond acceptors (Lipinski definition) is 6. The first kappa shape index (κ1) is 20.3. The van der Waals surface area contributed by atoms with Gasteiger partial charge in [-0.2, -0.15) is 0 Å². The summed E-state index contributed by atoms with van der Waals surface area (Å²) in [5.74, 6) is 0.0195. The SMILES string of the molecule is CCN(CC)C(=O)c1cccc(NC(=O)CSc2nnnn2C2CCCC2)c1. The number of hydrogen-bond donors (Lipinski definition) is 1. The number of tetrazole rings is 1.